The molecule has 3 atom stereocenters. The van der Waals surface area contributed by atoms with Gasteiger partial charge in [-0.15, -0.1) is 0 Å². The summed E-state index contributed by atoms with van der Waals surface area (Å²) in [5.74, 6) is -2.63. The van der Waals surface area contributed by atoms with Crippen molar-refractivity contribution < 1.29 is 29.0 Å². The van der Waals surface area contributed by atoms with Crippen molar-refractivity contribution in [3.63, 3.8) is 0 Å². The Hall–Kier alpha value is -2.61. The molecule has 0 aliphatic heterocycles. The van der Waals surface area contributed by atoms with Crippen molar-refractivity contribution in [2.24, 2.45) is 11.3 Å². The zero-order valence-corrected chi connectivity index (χ0v) is 18.0. The van der Waals surface area contributed by atoms with E-state index in [1.165, 1.54) is 0 Å². The normalized spacial score (nSPS) is 14.6. The molecule has 0 spiro atoms. The van der Waals surface area contributed by atoms with E-state index in [0.717, 1.165) is 5.56 Å². The first-order valence-corrected chi connectivity index (χ1v) is 9.48. The molecule has 2 unspecified atom stereocenters. The maximum Gasteiger partial charge on any atom is 0.408 e. The molecule has 2 N–H and O–H groups in total. The highest BCUT2D eigenvalue weighted by Gasteiger charge is 2.37. The predicted octanol–water partition coefficient (Wildman–Crippen LogP) is 2.87. The number of hydrogen-bond acceptors (Lipinski definition) is 6. The molecular formula is C21H32N2O6. The molecule has 8 heteroatoms. The largest absolute Gasteiger partial charge is 0.481 e. The van der Waals surface area contributed by atoms with E-state index >= 15 is 0 Å². The van der Waals surface area contributed by atoms with Crippen LogP contribution >= 0.6 is 0 Å². The minimum absolute atomic E-state index is 0.0319. The van der Waals surface area contributed by atoms with Gasteiger partial charge in [-0.1, -0.05) is 51.1 Å². The van der Waals surface area contributed by atoms with Crippen LogP contribution in [0.3, 0.4) is 0 Å². The minimum atomic E-state index is -1.15. The van der Waals surface area contributed by atoms with E-state index in [9.17, 15) is 19.5 Å². The summed E-state index contributed by atoms with van der Waals surface area (Å²) in [4.78, 5) is 38.3. The van der Waals surface area contributed by atoms with Gasteiger partial charge in [-0.05, 0) is 38.4 Å². The zero-order chi connectivity index (χ0) is 22.2. The maximum absolute atomic E-state index is 12.6. The fraction of sp³-hybridized carbons (Fsp3) is 0.571. The molecule has 0 saturated heterocycles. The fourth-order valence-corrected chi connectivity index (χ4v) is 2.54. The highest BCUT2D eigenvalue weighted by molar-refractivity contribution is 5.82. The summed E-state index contributed by atoms with van der Waals surface area (Å²) >= 11 is 0. The molecular weight excluding hydrogens is 376 g/mol. The van der Waals surface area contributed by atoms with Gasteiger partial charge in [0.05, 0.1) is 5.92 Å². The number of hydrogen-bond donors (Lipinski definition) is 2. The average molecular weight is 408 g/mol. The lowest BCUT2D eigenvalue weighted by atomic mass is 9.77. The van der Waals surface area contributed by atoms with E-state index in [4.69, 9.17) is 9.47 Å². The Labute approximate surface area is 172 Å². The molecule has 0 radical (unpaired) electrons. The maximum atomic E-state index is 12.6. The summed E-state index contributed by atoms with van der Waals surface area (Å²) in [6.45, 7) is 7.02. The second-order valence-electron chi connectivity index (χ2n) is 8.25. The lowest BCUT2D eigenvalue weighted by Crippen LogP contribution is -2.47. The number of nitrogens with one attached hydrogen (secondary N) is 1. The molecule has 1 aromatic carbocycles. The smallest absolute Gasteiger partial charge is 0.408 e. The molecule has 0 saturated carbocycles. The van der Waals surface area contributed by atoms with Crippen LogP contribution in [0.25, 0.3) is 0 Å². The van der Waals surface area contributed by atoms with E-state index in [1.807, 2.05) is 18.2 Å². The number of benzene rings is 1. The molecule has 29 heavy (non-hydrogen) atoms. The van der Waals surface area contributed by atoms with E-state index in [1.54, 1.807) is 58.8 Å². The Morgan fingerprint density at radius 1 is 1.14 bits per heavy atom. The lowest BCUT2D eigenvalue weighted by molar-refractivity contribution is -0.159. The van der Waals surface area contributed by atoms with Crippen molar-refractivity contribution in [3.05, 3.63) is 35.9 Å². The number of carboxylic acids is 1. The van der Waals surface area contributed by atoms with Gasteiger partial charge in [0.1, 0.15) is 12.6 Å². The summed E-state index contributed by atoms with van der Waals surface area (Å²) < 4.78 is 10.5. The topological polar surface area (TPSA) is 105 Å². The van der Waals surface area contributed by atoms with Gasteiger partial charge in [0, 0.05) is 0 Å². The lowest BCUT2D eigenvalue weighted by Gasteiger charge is -2.30. The second-order valence-corrected chi connectivity index (χ2v) is 8.25. The molecule has 1 rings (SSSR count). The highest BCUT2D eigenvalue weighted by Crippen LogP contribution is 2.30. The van der Waals surface area contributed by atoms with Crippen LogP contribution in [0.15, 0.2) is 30.3 Å². The molecule has 0 bridgehead atoms. The third-order valence-electron chi connectivity index (χ3n) is 4.62. The van der Waals surface area contributed by atoms with Gasteiger partial charge in [0.15, 0.2) is 6.23 Å². The number of nitrogens with zero attached hydrogens (tertiary/aromatic N) is 1. The summed E-state index contributed by atoms with van der Waals surface area (Å²) in [6, 6.07) is 7.94. The number of carbonyl (C=O) groups is 3. The first-order valence-electron chi connectivity index (χ1n) is 9.48. The monoisotopic (exact) mass is 408 g/mol. The molecule has 162 valence electrons. The highest BCUT2D eigenvalue weighted by atomic mass is 16.6. The quantitative estimate of drug-likeness (QED) is 0.478. The van der Waals surface area contributed by atoms with Gasteiger partial charge in [-0.2, -0.15) is 0 Å². The minimum Gasteiger partial charge on any atom is -0.481 e. The summed E-state index contributed by atoms with van der Waals surface area (Å²) in [6.07, 6.45) is -1.46. The van der Waals surface area contributed by atoms with E-state index in [0.29, 0.717) is 0 Å². The SMILES string of the molecule is CC(OC(=O)[C@H](CC(C(=O)O)C(C)(C)C)NC(=O)OCc1ccccc1)N(C)C. The van der Waals surface area contributed by atoms with Crippen LogP contribution in [-0.2, 0) is 25.7 Å². The molecule has 0 heterocycles. The van der Waals surface area contributed by atoms with Gasteiger partial charge < -0.3 is 19.9 Å². The molecule has 1 aromatic rings. The number of rotatable bonds is 9. The van der Waals surface area contributed by atoms with Crippen molar-refractivity contribution >= 4 is 18.0 Å². The molecule has 0 aliphatic rings. The van der Waals surface area contributed by atoms with Crippen molar-refractivity contribution in [2.75, 3.05) is 14.1 Å². The fourth-order valence-electron chi connectivity index (χ4n) is 2.54. The third-order valence-corrected chi connectivity index (χ3v) is 4.62. The zero-order valence-electron chi connectivity index (χ0n) is 18.0. The molecule has 0 fully saturated rings. The Morgan fingerprint density at radius 3 is 2.21 bits per heavy atom. The van der Waals surface area contributed by atoms with Crippen LogP contribution in [0.2, 0.25) is 0 Å². The number of amides is 1. The Bertz CT molecular complexity index is 684. The van der Waals surface area contributed by atoms with Crippen molar-refractivity contribution in [1.29, 1.82) is 0 Å². The predicted molar refractivity (Wildman–Crippen MR) is 108 cm³/mol. The van der Waals surface area contributed by atoms with Gasteiger partial charge in [0.25, 0.3) is 0 Å². The van der Waals surface area contributed by atoms with Crippen LogP contribution in [0.1, 0.15) is 39.7 Å². The van der Waals surface area contributed by atoms with E-state index in [-0.39, 0.29) is 13.0 Å². The molecule has 1 amide bonds. The van der Waals surface area contributed by atoms with Gasteiger partial charge in [0.2, 0.25) is 0 Å². The Morgan fingerprint density at radius 2 is 1.72 bits per heavy atom. The van der Waals surface area contributed by atoms with Crippen molar-refractivity contribution in [2.45, 2.75) is 53.0 Å². The number of alkyl carbamates (subject to hydrolysis) is 1. The van der Waals surface area contributed by atoms with Crippen LogP contribution < -0.4 is 5.32 Å². The number of aliphatic carboxylic acids is 1. The average Bonchev–Trinajstić information content (AvgIpc) is 2.62. The summed E-state index contributed by atoms with van der Waals surface area (Å²) in [5, 5.41) is 12.1. The van der Waals surface area contributed by atoms with Crippen molar-refractivity contribution in [3.8, 4) is 0 Å². The Balaban J connectivity index is 2.89. The number of ether oxygens (including phenoxy) is 2. The number of carboxylic acid groups (broad SMARTS) is 1. The molecule has 8 nitrogen and oxygen atoms in total. The summed E-state index contributed by atoms with van der Waals surface area (Å²) in [5.41, 5.74) is 0.175. The second kappa shape index (κ2) is 10.8. The Kier molecular flexibility index (Phi) is 9.10. The molecule has 0 aliphatic carbocycles. The first-order chi connectivity index (χ1) is 13.4. The summed E-state index contributed by atoms with van der Waals surface area (Å²) in [7, 11) is 3.48. The van der Waals surface area contributed by atoms with Gasteiger partial charge >= 0.3 is 18.0 Å². The van der Waals surface area contributed by atoms with Crippen LogP contribution in [0, 0.1) is 11.3 Å². The standard InChI is InChI=1S/C21H32N2O6/c1-14(23(5)6)29-19(26)17(12-16(18(24)25)21(2,3)4)22-20(27)28-13-15-10-8-7-9-11-15/h7-11,14,16-17H,12-13H2,1-6H3,(H,22,27)(H,24,25)/t14?,16?,17-/m0/s1. The van der Waals surface area contributed by atoms with Gasteiger partial charge in [-0.3, -0.25) is 9.69 Å². The number of carbonyl (C=O) groups excluding carboxylic acids is 2. The van der Waals surface area contributed by atoms with Crippen molar-refractivity contribution in [1.82, 2.24) is 10.2 Å². The number of esters is 1. The van der Waals surface area contributed by atoms with Crippen LogP contribution in [-0.4, -0.2) is 54.4 Å². The van der Waals surface area contributed by atoms with E-state index in [2.05, 4.69) is 5.32 Å². The molecule has 0 aromatic heterocycles. The van der Waals surface area contributed by atoms with E-state index < -0.39 is 41.6 Å². The first kappa shape index (κ1) is 24.4. The third kappa shape index (κ3) is 8.51. The van der Waals surface area contributed by atoms with Crippen LogP contribution in [0.4, 0.5) is 4.79 Å². The van der Waals surface area contributed by atoms with Crippen LogP contribution in [0.5, 0.6) is 0 Å². The van der Waals surface area contributed by atoms with Gasteiger partial charge in [-0.25, -0.2) is 9.59 Å².